The first-order valence-corrected chi connectivity index (χ1v) is 7.06. The van der Waals surface area contributed by atoms with E-state index in [1.807, 2.05) is 18.7 Å². The van der Waals surface area contributed by atoms with Crippen LogP contribution in [0.25, 0.3) is 0 Å². The van der Waals surface area contributed by atoms with E-state index in [0.717, 1.165) is 42.6 Å². The number of amides is 1. The lowest BCUT2D eigenvalue weighted by Gasteiger charge is -2.37. The Morgan fingerprint density at radius 2 is 2.00 bits per heavy atom. The molecule has 2 N–H and O–H groups in total. The highest BCUT2D eigenvalue weighted by molar-refractivity contribution is 5.80. The lowest BCUT2D eigenvalue weighted by molar-refractivity contribution is -0.136. The van der Waals surface area contributed by atoms with Crippen molar-refractivity contribution in [3.8, 4) is 0 Å². The smallest absolute Gasteiger partial charge is 0.227 e. The molecule has 1 amide bonds. The van der Waals surface area contributed by atoms with E-state index in [0.29, 0.717) is 6.42 Å². The number of hydrogen-bond acceptors (Lipinski definition) is 3. The molecule has 0 spiro atoms. The highest BCUT2D eigenvalue weighted by Crippen LogP contribution is 2.36. The van der Waals surface area contributed by atoms with Crippen LogP contribution in [0.1, 0.15) is 42.6 Å². The molecule has 104 valence electrons. The third kappa shape index (κ3) is 2.16. The van der Waals surface area contributed by atoms with Gasteiger partial charge in [-0.2, -0.15) is 5.10 Å². The summed E-state index contributed by atoms with van der Waals surface area (Å²) in [6.45, 7) is 3.89. The molecule has 0 aliphatic carbocycles. The third-order valence-electron chi connectivity index (χ3n) is 4.60. The molecule has 0 aromatic carbocycles. The molecular weight excluding hydrogens is 242 g/mol. The van der Waals surface area contributed by atoms with Gasteiger partial charge < -0.3 is 10.0 Å². The van der Waals surface area contributed by atoms with Gasteiger partial charge in [0.05, 0.1) is 18.2 Å². The molecular formula is C14H21N3O2. The Kier molecular flexibility index (Phi) is 3.09. The third-order valence-corrected chi connectivity index (χ3v) is 4.60. The van der Waals surface area contributed by atoms with Crippen LogP contribution in [0.3, 0.4) is 0 Å². The van der Waals surface area contributed by atoms with Crippen LogP contribution in [0.15, 0.2) is 0 Å². The van der Waals surface area contributed by atoms with Gasteiger partial charge in [0.1, 0.15) is 0 Å². The van der Waals surface area contributed by atoms with Crippen molar-refractivity contribution < 1.29 is 9.90 Å². The number of nitrogens with zero attached hydrogens (tertiary/aromatic N) is 2. The zero-order chi connectivity index (χ0) is 13.6. The van der Waals surface area contributed by atoms with Crippen molar-refractivity contribution in [2.24, 2.45) is 0 Å². The fraction of sp³-hybridized carbons (Fsp3) is 0.714. The van der Waals surface area contributed by atoms with Crippen LogP contribution in [0.5, 0.6) is 0 Å². The highest BCUT2D eigenvalue weighted by atomic mass is 16.3. The molecule has 19 heavy (non-hydrogen) atoms. The van der Waals surface area contributed by atoms with Crippen LogP contribution in [-0.2, 0) is 11.2 Å². The quantitative estimate of drug-likeness (QED) is 0.839. The van der Waals surface area contributed by atoms with E-state index in [9.17, 15) is 9.90 Å². The minimum Gasteiger partial charge on any atom is -0.393 e. The number of hydrogen-bond donors (Lipinski definition) is 2. The van der Waals surface area contributed by atoms with Gasteiger partial charge >= 0.3 is 0 Å². The number of aromatic nitrogens is 2. The molecule has 2 saturated heterocycles. The van der Waals surface area contributed by atoms with Gasteiger partial charge in [-0.25, -0.2) is 0 Å². The number of rotatable bonds is 2. The molecule has 3 rings (SSSR count). The molecule has 3 heterocycles. The van der Waals surface area contributed by atoms with E-state index in [2.05, 4.69) is 10.2 Å². The highest BCUT2D eigenvalue weighted by Gasteiger charge is 2.42. The lowest BCUT2D eigenvalue weighted by atomic mass is 9.98. The summed E-state index contributed by atoms with van der Waals surface area (Å²) in [5.41, 5.74) is 2.92. The van der Waals surface area contributed by atoms with Crippen LogP contribution in [0.2, 0.25) is 0 Å². The van der Waals surface area contributed by atoms with E-state index >= 15 is 0 Å². The van der Waals surface area contributed by atoms with Gasteiger partial charge in [0.15, 0.2) is 0 Å². The summed E-state index contributed by atoms with van der Waals surface area (Å²) < 4.78 is 0. The van der Waals surface area contributed by atoms with Gasteiger partial charge in [-0.1, -0.05) is 0 Å². The molecule has 2 fully saturated rings. The first kappa shape index (κ1) is 12.7. The summed E-state index contributed by atoms with van der Waals surface area (Å²) in [6, 6.07) is 0.488. The van der Waals surface area contributed by atoms with Crippen LogP contribution in [-0.4, -0.2) is 44.3 Å². The zero-order valence-corrected chi connectivity index (χ0v) is 11.5. The molecule has 2 aliphatic heterocycles. The van der Waals surface area contributed by atoms with Crippen molar-refractivity contribution in [3.63, 3.8) is 0 Å². The monoisotopic (exact) mass is 263 g/mol. The first-order chi connectivity index (χ1) is 9.06. The van der Waals surface area contributed by atoms with E-state index in [1.54, 1.807) is 0 Å². The summed E-state index contributed by atoms with van der Waals surface area (Å²) in [5, 5.41) is 16.9. The van der Waals surface area contributed by atoms with Gasteiger partial charge in [0.25, 0.3) is 0 Å². The van der Waals surface area contributed by atoms with Gasteiger partial charge in [-0.15, -0.1) is 0 Å². The summed E-state index contributed by atoms with van der Waals surface area (Å²) in [7, 11) is 0. The number of carbonyl (C=O) groups is 1. The zero-order valence-electron chi connectivity index (χ0n) is 11.5. The number of carbonyl (C=O) groups excluding carboxylic acids is 1. The molecule has 5 heteroatoms. The molecule has 5 nitrogen and oxygen atoms in total. The predicted molar refractivity (Wildman–Crippen MR) is 70.7 cm³/mol. The van der Waals surface area contributed by atoms with Crippen molar-refractivity contribution >= 4 is 5.91 Å². The Balaban J connectivity index is 1.75. The standard InChI is InChI=1S/C14H21N3O2/c1-8-13(9(2)16-15-8)7-14(19)17-10-3-4-11(17)6-12(18)5-10/h10-12,18H,3-7H2,1-2H3,(H,15,16). The van der Waals surface area contributed by atoms with Crippen LogP contribution in [0.4, 0.5) is 0 Å². The van der Waals surface area contributed by atoms with Crippen molar-refractivity contribution in [1.29, 1.82) is 0 Å². The van der Waals surface area contributed by atoms with E-state index in [-0.39, 0.29) is 24.1 Å². The van der Waals surface area contributed by atoms with E-state index in [1.165, 1.54) is 0 Å². The van der Waals surface area contributed by atoms with Crippen LogP contribution < -0.4 is 0 Å². The Labute approximate surface area is 113 Å². The number of aryl methyl sites for hydroxylation is 2. The molecule has 2 atom stereocenters. The number of aliphatic hydroxyl groups excluding tert-OH is 1. The average molecular weight is 263 g/mol. The lowest BCUT2D eigenvalue weighted by Crippen LogP contribution is -2.48. The second-order valence-corrected chi connectivity index (χ2v) is 5.90. The van der Waals surface area contributed by atoms with Gasteiger partial charge in [-0.3, -0.25) is 9.89 Å². The average Bonchev–Trinajstić information content (AvgIpc) is 2.81. The molecule has 2 unspecified atom stereocenters. The molecule has 0 radical (unpaired) electrons. The summed E-state index contributed by atoms with van der Waals surface area (Å²) >= 11 is 0. The van der Waals surface area contributed by atoms with Crippen molar-refractivity contribution in [3.05, 3.63) is 17.0 Å². The topological polar surface area (TPSA) is 69.2 Å². The molecule has 2 bridgehead atoms. The SMILES string of the molecule is Cc1n[nH]c(C)c1CC(=O)N1C2CCC1CC(O)C2. The number of piperidine rings is 1. The maximum absolute atomic E-state index is 12.5. The van der Waals surface area contributed by atoms with E-state index in [4.69, 9.17) is 0 Å². The molecule has 1 aromatic heterocycles. The number of H-pyrrole nitrogens is 1. The molecule has 2 aliphatic rings. The fourth-order valence-corrected chi connectivity index (χ4v) is 3.63. The Hall–Kier alpha value is -1.36. The maximum Gasteiger partial charge on any atom is 0.227 e. The minimum atomic E-state index is -0.223. The van der Waals surface area contributed by atoms with Crippen molar-refractivity contribution in [1.82, 2.24) is 15.1 Å². The normalized spacial score (nSPS) is 29.8. The summed E-state index contributed by atoms with van der Waals surface area (Å²) in [6.07, 6.45) is 3.76. The van der Waals surface area contributed by atoms with Gasteiger partial charge in [-0.05, 0) is 39.5 Å². The van der Waals surface area contributed by atoms with Crippen molar-refractivity contribution in [2.45, 2.75) is 64.1 Å². The summed E-state index contributed by atoms with van der Waals surface area (Å²) in [5.74, 6) is 0.187. The number of fused-ring (bicyclic) bond motifs is 2. The van der Waals surface area contributed by atoms with Crippen molar-refractivity contribution in [2.75, 3.05) is 0 Å². The molecule has 1 aromatic rings. The fourth-order valence-electron chi connectivity index (χ4n) is 3.63. The van der Waals surface area contributed by atoms with E-state index < -0.39 is 0 Å². The Bertz CT molecular complexity index is 463. The molecule has 0 saturated carbocycles. The maximum atomic E-state index is 12.5. The minimum absolute atomic E-state index is 0.187. The number of nitrogens with one attached hydrogen (secondary N) is 1. The Morgan fingerprint density at radius 3 is 2.53 bits per heavy atom. The summed E-state index contributed by atoms with van der Waals surface area (Å²) in [4.78, 5) is 14.6. The van der Waals surface area contributed by atoms with Gasteiger partial charge in [0, 0.05) is 23.3 Å². The first-order valence-electron chi connectivity index (χ1n) is 7.06. The number of aromatic amines is 1. The largest absolute Gasteiger partial charge is 0.393 e. The van der Waals surface area contributed by atoms with Crippen LogP contribution in [0, 0.1) is 13.8 Å². The predicted octanol–water partition coefficient (Wildman–Crippen LogP) is 1.08. The second kappa shape index (κ2) is 4.63. The number of aliphatic hydroxyl groups is 1. The second-order valence-electron chi connectivity index (χ2n) is 5.90. The Morgan fingerprint density at radius 1 is 1.37 bits per heavy atom. The van der Waals surface area contributed by atoms with Gasteiger partial charge in [0.2, 0.25) is 5.91 Å². The van der Waals surface area contributed by atoms with Crippen LogP contribution >= 0.6 is 0 Å².